The van der Waals surface area contributed by atoms with Crippen LogP contribution in [0.1, 0.15) is 22.3 Å². The summed E-state index contributed by atoms with van der Waals surface area (Å²) in [7, 11) is 0. The Bertz CT molecular complexity index is 3420. The first-order valence-corrected chi connectivity index (χ1v) is 22.2. The van der Waals surface area contributed by atoms with Crippen LogP contribution in [0.25, 0.3) is 66.1 Å². The molecule has 1 heteroatoms. The minimum absolute atomic E-state index is 0.505. The van der Waals surface area contributed by atoms with Gasteiger partial charge < -0.3 is 4.90 Å². The van der Waals surface area contributed by atoms with Crippen LogP contribution >= 0.6 is 0 Å². The topological polar surface area (TPSA) is 3.24 Å². The highest BCUT2D eigenvalue weighted by Crippen LogP contribution is 2.57. The molecule has 1 nitrogen and oxygen atoms in total. The fourth-order valence-electron chi connectivity index (χ4n) is 10.3. The Balaban J connectivity index is 1.01. The highest BCUT2D eigenvalue weighted by atomic mass is 15.1. The largest absolute Gasteiger partial charge is 0.310 e. The van der Waals surface area contributed by atoms with Gasteiger partial charge in [-0.25, -0.2) is 0 Å². The van der Waals surface area contributed by atoms with E-state index in [1.807, 2.05) is 0 Å². The van der Waals surface area contributed by atoms with Crippen LogP contribution in [0, 0.1) is 0 Å². The van der Waals surface area contributed by atoms with Gasteiger partial charge >= 0.3 is 0 Å². The summed E-state index contributed by atoms with van der Waals surface area (Å²) in [6, 6.07) is 95.8. The van der Waals surface area contributed by atoms with E-state index in [1.165, 1.54) is 88.3 Å². The molecule has 12 rings (SSSR count). The van der Waals surface area contributed by atoms with Crippen molar-refractivity contribution in [2.75, 3.05) is 4.90 Å². The lowest BCUT2D eigenvalue weighted by atomic mass is 9.67. The summed E-state index contributed by atoms with van der Waals surface area (Å²) in [5.41, 5.74) is 17.7. The average molecular weight is 814 g/mol. The predicted molar refractivity (Wildman–Crippen MR) is 270 cm³/mol. The van der Waals surface area contributed by atoms with Crippen LogP contribution in [0.2, 0.25) is 0 Å². The second-order valence-electron chi connectivity index (χ2n) is 16.9. The van der Waals surface area contributed by atoms with E-state index >= 15 is 0 Å². The molecule has 0 fully saturated rings. The van der Waals surface area contributed by atoms with Gasteiger partial charge in [0.05, 0.1) is 5.41 Å². The zero-order valence-corrected chi connectivity index (χ0v) is 35.3. The molecule has 0 N–H and O–H groups in total. The SMILES string of the molecule is c1ccc(-c2ccc3ccc(-c4ccc(N(c5ccc(-c6cccc7ccccc67)cc5)c5ccc6c(c5)C(c5ccccc5)(c5ccccc5)c5ccccc5-6)cc4)cc3c2)cc1. The first-order chi connectivity index (χ1) is 31.7. The first-order valence-electron chi connectivity index (χ1n) is 22.2. The Hall–Kier alpha value is -8.26. The van der Waals surface area contributed by atoms with Crippen molar-refractivity contribution in [2.24, 2.45) is 0 Å². The van der Waals surface area contributed by atoms with Crippen molar-refractivity contribution in [3.05, 3.63) is 283 Å². The molecule has 0 heterocycles. The standard InChI is InChI=1S/C63H43N/c1-4-15-44(16-5-1)49-29-27-46-28-30-50(42-51(46)41-49)45-31-35-54(36-32-45)64(55-37-33-48(34-38-55)58-25-14-18-47-17-10-11-23-57(47)58)56-39-40-60-59-24-12-13-26-61(59)63(62(60)43-56,52-19-6-2-7-20-52)53-21-8-3-9-22-53/h1-43H. The van der Waals surface area contributed by atoms with E-state index < -0.39 is 5.41 Å². The van der Waals surface area contributed by atoms with E-state index in [0.29, 0.717) is 0 Å². The lowest BCUT2D eigenvalue weighted by Crippen LogP contribution is -2.28. The average Bonchev–Trinajstić information content (AvgIpc) is 3.67. The summed E-state index contributed by atoms with van der Waals surface area (Å²) >= 11 is 0. The highest BCUT2D eigenvalue weighted by molar-refractivity contribution is 5.97. The summed E-state index contributed by atoms with van der Waals surface area (Å²) in [5, 5.41) is 4.97. The van der Waals surface area contributed by atoms with Crippen LogP contribution in [-0.2, 0) is 5.41 Å². The quantitative estimate of drug-likeness (QED) is 0.148. The number of benzene rings is 11. The van der Waals surface area contributed by atoms with Crippen LogP contribution in [0.3, 0.4) is 0 Å². The third-order valence-electron chi connectivity index (χ3n) is 13.3. The molecule has 0 amide bonds. The van der Waals surface area contributed by atoms with Gasteiger partial charge in [0.25, 0.3) is 0 Å². The van der Waals surface area contributed by atoms with E-state index in [1.54, 1.807) is 0 Å². The predicted octanol–water partition coefficient (Wildman–Crippen LogP) is 16.8. The fraction of sp³-hybridized carbons (Fsp3) is 0.0159. The summed E-state index contributed by atoms with van der Waals surface area (Å²) in [5.74, 6) is 0. The lowest BCUT2D eigenvalue weighted by Gasteiger charge is -2.35. The van der Waals surface area contributed by atoms with Crippen LogP contribution < -0.4 is 4.90 Å². The van der Waals surface area contributed by atoms with Crippen LogP contribution in [0.5, 0.6) is 0 Å². The van der Waals surface area contributed by atoms with Gasteiger partial charge in [-0.2, -0.15) is 0 Å². The fourth-order valence-corrected chi connectivity index (χ4v) is 10.3. The van der Waals surface area contributed by atoms with Gasteiger partial charge in [-0.05, 0) is 137 Å². The third kappa shape index (κ3) is 6.24. The van der Waals surface area contributed by atoms with Crippen LogP contribution in [0.4, 0.5) is 17.1 Å². The maximum atomic E-state index is 2.45. The van der Waals surface area contributed by atoms with Gasteiger partial charge in [0, 0.05) is 17.1 Å². The summed E-state index contributed by atoms with van der Waals surface area (Å²) in [6.45, 7) is 0. The van der Waals surface area contributed by atoms with Crippen molar-refractivity contribution >= 4 is 38.6 Å². The van der Waals surface area contributed by atoms with Gasteiger partial charge in [-0.3, -0.25) is 0 Å². The van der Waals surface area contributed by atoms with E-state index in [4.69, 9.17) is 0 Å². The Morgan fingerprint density at radius 2 is 0.734 bits per heavy atom. The van der Waals surface area contributed by atoms with Crippen molar-refractivity contribution in [2.45, 2.75) is 5.41 Å². The normalized spacial score (nSPS) is 12.5. The van der Waals surface area contributed by atoms with Gasteiger partial charge in [-0.15, -0.1) is 0 Å². The monoisotopic (exact) mass is 813 g/mol. The minimum atomic E-state index is -0.505. The Kier molecular flexibility index (Phi) is 9.13. The number of nitrogens with zero attached hydrogens (tertiary/aromatic N) is 1. The molecular weight excluding hydrogens is 771 g/mol. The van der Waals surface area contributed by atoms with Crippen molar-refractivity contribution in [1.29, 1.82) is 0 Å². The third-order valence-corrected chi connectivity index (χ3v) is 13.3. The lowest BCUT2D eigenvalue weighted by molar-refractivity contribution is 0.768. The Labute approximate surface area is 374 Å². The molecule has 0 atom stereocenters. The van der Waals surface area contributed by atoms with Gasteiger partial charge in [-0.1, -0.05) is 212 Å². The maximum absolute atomic E-state index is 2.45. The second kappa shape index (κ2) is 15.6. The molecule has 64 heavy (non-hydrogen) atoms. The Morgan fingerprint density at radius 1 is 0.250 bits per heavy atom. The molecule has 0 bridgehead atoms. The maximum Gasteiger partial charge on any atom is 0.0714 e. The summed E-state index contributed by atoms with van der Waals surface area (Å²) < 4.78 is 0. The molecule has 1 aliphatic carbocycles. The van der Waals surface area contributed by atoms with Crippen molar-refractivity contribution in [3.8, 4) is 44.5 Å². The molecular formula is C63H43N. The summed E-state index contributed by atoms with van der Waals surface area (Å²) in [6.07, 6.45) is 0. The molecule has 300 valence electrons. The molecule has 0 unspecified atom stereocenters. The molecule has 11 aromatic carbocycles. The smallest absolute Gasteiger partial charge is 0.0714 e. The highest BCUT2D eigenvalue weighted by Gasteiger charge is 2.46. The zero-order chi connectivity index (χ0) is 42.5. The van der Waals surface area contributed by atoms with Crippen LogP contribution in [-0.4, -0.2) is 0 Å². The van der Waals surface area contributed by atoms with E-state index in [2.05, 4.69) is 266 Å². The van der Waals surface area contributed by atoms with Gasteiger partial charge in [0.1, 0.15) is 0 Å². The van der Waals surface area contributed by atoms with Crippen molar-refractivity contribution in [3.63, 3.8) is 0 Å². The van der Waals surface area contributed by atoms with E-state index in [0.717, 1.165) is 17.1 Å². The molecule has 1 aliphatic rings. The van der Waals surface area contributed by atoms with Gasteiger partial charge in [0.15, 0.2) is 0 Å². The number of hydrogen-bond acceptors (Lipinski definition) is 1. The zero-order valence-electron chi connectivity index (χ0n) is 35.3. The van der Waals surface area contributed by atoms with Gasteiger partial charge in [0.2, 0.25) is 0 Å². The number of rotatable bonds is 8. The molecule has 0 aromatic heterocycles. The molecule has 0 aliphatic heterocycles. The number of fused-ring (bicyclic) bond motifs is 5. The molecule has 11 aromatic rings. The number of hydrogen-bond donors (Lipinski definition) is 0. The van der Waals surface area contributed by atoms with E-state index in [9.17, 15) is 0 Å². The Morgan fingerprint density at radius 3 is 1.41 bits per heavy atom. The molecule has 0 radical (unpaired) electrons. The first kappa shape index (κ1) is 37.5. The summed E-state index contributed by atoms with van der Waals surface area (Å²) in [4.78, 5) is 2.42. The van der Waals surface area contributed by atoms with Crippen LogP contribution in [0.15, 0.2) is 261 Å². The van der Waals surface area contributed by atoms with Crippen molar-refractivity contribution in [1.82, 2.24) is 0 Å². The number of anilines is 3. The van der Waals surface area contributed by atoms with E-state index in [-0.39, 0.29) is 0 Å². The van der Waals surface area contributed by atoms with Crippen molar-refractivity contribution < 1.29 is 0 Å². The molecule has 0 saturated carbocycles. The second-order valence-corrected chi connectivity index (χ2v) is 16.9. The minimum Gasteiger partial charge on any atom is -0.310 e. The molecule has 0 saturated heterocycles. The molecule has 0 spiro atoms.